The molecule has 0 aromatic carbocycles. The maximum Gasteiger partial charge on any atom is 0.396 e. The molecule has 1 atom stereocenters. The monoisotopic (exact) mass is 228 g/mol. The molecule has 3 nitrogen and oxygen atoms in total. The normalized spacial score (nSPS) is 23.8. The van der Waals surface area contributed by atoms with Crippen molar-refractivity contribution in [3.63, 3.8) is 0 Å². The lowest BCUT2D eigenvalue weighted by Crippen LogP contribution is -2.52. The van der Waals surface area contributed by atoms with Crippen LogP contribution in [0.1, 0.15) is 12.8 Å². The van der Waals surface area contributed by atoms with Gasteiger partial charge in [0.15, 0.2) is 0 Å². The first-order chi connectivity index (χ1) is 6.96. The van der Waals surface area contributed by atoms with Crippen LogP contribution in [0.2, 0.25) is 0 Å². The van der Waals surface area contributed by atoms with Crippen LogP contribution in [0.3, 0.4) is 0 Å². The first-order valence-electron chi connectivity index (χ1n) is 4.77. The van der Waals surface area contributed by atoms with Crippen molar-refractivity contribution >= 4 is 0 Å². The molecule has 0 saturated carbocycles. The summed E-state index contributed by atoms with van der Waals surface area (Å²) in [5.74, 6) is -1.83. The third-order valence-corrected chi connectivity index (χ3v) is 2.96. The maximum absolute atomic E-state index is 12.7. The average molecular weight is 228 g/mol. The van der Waals surface area contributed by atoms with E-state index >= 15 is 0 Å². The Kier molecular flexibility index (Phi) is 3.97. The van der Waals surface area contributed by atoms with Crippen molar-refractivity contribution in [1.29, 1.82) is 0 Å². The van der Waals surface area contributed by atoms with E-state index < -0.39 is 24.3 Å². The molecule has 1 rings (SSSR count). The van der Waals surface area contributed by atoms with Gasteiger partial charge in [-0.05, 0) is 0 Å². The zero-order valence-electron chi connectivity index (χ0n) is 8.51. The van der Waals surface area contributed by atoms with Gasteiger partial charge in [0.25, 0.3) is 0 Å². The molecular weight excluding hydrogens is 213 g/mol. The first kappa shape index (κ1) is 12.7. The number of aliphatic hydroxyl groups excluding tert-OH is 1. The zero-order chi connectivity index (χ0) is 11.5. The predicted octanol–water partition coefficient (Wildman–Crippen LogP) is 1.35. The topological polar surface area (TPSA) is 38.7 Å². The van der Waals surface area contributed by atoms with Crippen molar-refractivity contribution in [2.75, 3.05) is 26.9 Å². The van der Waals surface area contributed by atoms with Crippen molar-refractivity contribution in [2.45, 2.75) is 24.6 Å². The van der Waals surface area contributed by atoms with E-state index in [9.17, 15) is 13.2 Å². The molecule has 6 heteroatoms. The summed E-state index contributed by atoms with van der Waals surface area (Å²) in [5, 5.41) is 8.87. The highest BCUT2D eigenvalue weighted by atomic mass is 19.4. The first-order valence-corrected chi connectivity index (χ1v) is 4.77. The van der Waals surface area contributed by atoms with Crippen LogP contribution < -0.4 is 0 Å². The molecular formula is C9H15F3O3. The minimum Gasteiger partial charge on any atom is -0.396 e. The number of methoxy groups -OCH3 is 1. The zero-order valence-corrected chi connectivity index (χ0v) is 8.51. The number of hydrogen-bond acceptors (Lipinski definition) is 3. The van der Waals surface area contributed by atoms with Gasteiger partial charge in [0.05, 0.1) is 12.2 Å². The van der Waals surface area contributed by atoms with Crippen LogP contribution in [0.4, 0.5) is 13.2 Å². The highest BCUT2D eigenvalue weighted by Crippen LogP contribution is 2.41. The number of ether oxygens (including phenoxy) is 2. The molecule has 1 saturated heterocycles. The standard InChI is InChI=1S/C9H15F3O3/c1-14-8(2-4-15-5-3-8)7(6-13)9(10,11)12/h7,13H,2-6H2,1H3. The Morgan fingerprint density at radius 3 is 2.27 bits per heavy atom. The van der Waals surface area contributed by atoms with Crippen LogP contribution in [-0.4, -0.2) is 43.8 Å². The Bertz CT molecular complexity index is 199. The van der Waals surface area contributed by atoms with Gasteiger partial charge in [-0.25, -0.2) is 0 Å². The molecule has 1 unspecified atom stereocenters. The Labute approximate surface area is 86.2 Å². The van der Waals surface area contributed by atoms with Gasteiger partial charge in [0.2, 0.25) is 0 Å². The number of alkyl halides is 3. The van der Waals surface area contributed by atoms with Crippen LogP contribution in [-0.2, 0) is 9.47 Å². The number of hydrogen-bond donors (Lipinski definition) is 1. The molecule has 1 fully saturated rings. The molecule has 90 valence electrons. The van der Waals surface area contributed by atoms with E-state index in [2.05, 4.69) is 0 Å². The second kappa shape index (κ2) is 4.67. The third-order valence-electron chi connectivity index (χ3n) is 2.96. The van der Waals surface area contributed by atoms with Gasteiger partial charge in [-0.1, -0.05) is 0 Å². The van der Waals surface area contributed by atoms with Gasteiger partial charge in [0, 0.05) is 33.2 Å². The Balaban J connectivity index is 2.86. The predicted molar refractivity (Wildman–Crippen MR) is 46.4 cm³/mol. The van der Waals surface area contributed by atoms with Gasteiger partial charge in [-0.15, -0.1) is 0 Å². The summed E-state index contributed by atoms with van der Waals surface area (Å²) in [5.41, 5.74) is -1.33. The highest BCUT2D eigenvalue weighted by Gasteiger charge is 2.54. The van der Waals surface area contributed by atoms with Gasteiger partial charge < -0.3 is 14.6 Å². The van der Waals surface area contributed by atoms with E-state index in [1.54, 1.807) is 0 Å². The van der Waals surface area contributed by atoms with Crippen LogP contribution in [0, 0.1) is 5.92 Å². The molecule has 0 amide bonds. The molecule has 1 aliphatic rings. The van der Waals surface area contributed by atoms with Crippen molar-refractivity contribution in [3.05, 3.63) is 0 Å². The van der Waals surface area contributed by atoms with E-state index in [-0.39, 0.29) is 26.1 Å². The number of halogens is 3. The lowest BCUT2D eigenvalue weighted by atomic mass is 9.80. The van der Waals surface area contributed by atoms with Crippen LogP contribution in [0.5, 0.6) is 0 Å². The van der Waals surface area contributed by atoms with E-state index in [4.69, 9.17) is 14.6 Å². The molecule has 15 heavy (non-hydrogen) atoms. The fourth-order valence-electron chi connectivity index (χ4n) is 1.98. The largest absolute Gasteiger partial charge is 0.396 e. The van der Waals surface area contributed by atoms with E-state index in [1.807, 2.05) is 0 Å². The fourth-order valence-corrected chi connectivity index (χ4v) is 1.98. The van der Waals surface area contributed by atoms with E-state index in [0.717, 1.165) is 0 Å². The molecule has 0 aromatic rings. The summed E-state index contributed by atoms with van der Waals surface area (Å²) in [6.07, 6.45) is -4.12. The summed E-state index contributed by atoms with van der Waals surface area (Å²) < 4.78 is 48.0. The Morgan fingerprint density at radius 2 is 1.93 bits per heavy atom. The minimum absolute atomic E-state index is 0.161. The summed E-state index contributed by atoms with van der Waals surface area (Å²) >= 11 is 0. The molecule has 0 aromatic heterocycles. The summed E-state index contributed by atoms with van der Waals surface area (Å²) in [6.45, 7) is -0.474. The molecule has 1 heterocycles. The second-order valence-electron chi connectivity index (χ2n) is 3.66. The van der Waals surface area contributed by atoms with Crippen molar-refractivity contribution in [3.8, 4) is 0 Å². The molecule has 1 aliphatic heterocycles. The van der Waals surface area contributed by atoms with Crippen molar-refractivity contribution in [1.82, 2.24) is 0 Å². The Morgan fingerprint density at radius 1 is 1.40 bits per heavy atom. The molecule has 1 N–H and O–H groups in total. The van der Waals surface area contributed by atoms with Crippen LogP contribution in [0.25, 0.3) is 0 Å². The molecule has 0 radical (unpaired) electrons. The van der Waals surface area contributed by atoms with Crippen molar-refractivity contribution < 1.29 is 27.8 Å². The summed E-state index contributed by atoms with van der Waals surface area (Å²) in [6, 6.07) is 0. The fraction of sp³-hybridized carbons (Fsp3) is 1.00. The number of rotatable bonds is 3. The third kappa shape index (κ3) is 2.62. The minimum atomic E-state index is -4.44. The SMILES string of the molecule is COC1(C(CO)C(F)(F)F)CCOCC1. The van der Waals surface area contributed by atoms with Crippen LogP contribution >= 0.6 is 0 Å². The quantitative estimate of drug-likeness (QED) is 0.792. The number of aliphatic hydroxyl groups is 1. The lowest BCUT2D eigenvalue weighted by molar-refractivity contribution is -0.256. The summed E-state index contributed by atoms with van der Waals surface area (Å²) in [7, 11) is 1.25. The lowest BCUT2D eigenvalue weighted by Gasteiger charge is -2.42. The van der Waals surface area contributed by atoms with Gasteiger partial charge in [-0.2, -0.15) is 13.2 Å². The van der Waals surface area contributed by atoms with Gasteiger partial charge in [-0.3, -0.25) is 0 Å². The van der Waals surface area contributed by atoms with Crippen LogP contribution in [0.15, 0.2) is 0 Å². The molecule has 0 aliphatic carbocycles. The highest BCUT2D eigenvalue weighted by molar-refractivity contribution is 4.93. The second-order valence-corrected chi connectivity index (χ2v) is 3.66. The summed E-state index contributed by atoms with van der Waals surface area (Å²) in [4.78, 5) is 0. The molecule has 0 bridgehead atoms. The smallest absolute Gasteiger partial charge is 0.396 e. The van der Waals surface area contributed by atoms with E-state index in [0.29, 0.717) is 0 Å². The Hall–Kier alpha value is -0.330. The average Bonchev–Trinajstić information content (AvgIpc) is 2.18. The van der Waals surface area contributed by atoms with Gasteiger partial charge in [0.1, 0.15) is 5.92 Å². The van der Waals surface area contributed by atoms with Gasteiger partial charge >= 0.3 is 6.18 Å². The molecule has 0 spiro atoms. The van der Waals surface area contributed by atoms with Crippen molar-refractivity contribution in [2.24, 2.45) is 5.92 Å². The van der Waals surface area contributed by atoms with E-state index in [1.165, 1.54) is 7.11 Å². The maximum atomic E-state index is 12.7.